The van der Waals surface area contributed by atoms with Gasteiger partial charge in [-0.2, -0.15) is 0 Å². The van der Waals surface area contributed by atoms with Crippen LogP contribution in [0.25, 0.3) is 0 Å². The molecule has 0 aromatic heterocycles. The van der Waals surface area contributed by atoms with Gasteiger partial charge in [-0.05, 0) is 14.0 Å². The Kier molecular flexibility index (Phi) is 7.49. The average molecular weight is 232 g/mol. The van der Waals surface area contributed by atoms with E-state index in [1.165, 1.54) is 0 Å². The Labute approximate surface area is 95.6 Å². The number of aliphatic hydroxyl groups excluding tert-OH is 1. The summed E-state index contributed by atoms with van der Waals surface area (Å²) in [6.45, 7) is 2.46. The highest BCUT2D eigenvalue weighted by molar-refractivity contribution is 5.77. The lowest BCUT2D eigenvalue weighted by Crippen LogP contribution is -2.38. The maximum absolute atomic E-state index is 11.0. The van der Waals surface area contributed by atoms with Crippen LogP contribution in [-0.2, 0) is 14.3 Å². The molecule has 0 aromatic rings. The minimum Gasteiger partial charge on any atom is -0.466 e. The van der Waals surface area contributed by atoms with Crippen LogP contribution in [0.4, 0.5) is 0 Å². The lowest BCUT2D eigenvalue weighted by molar-refractivity contribution is -0.145. The predicted molar refractivity (Wildman–Crippen MR) is 58.8 cm³/mol. The molecule has 1 unspecified atom stereocenters. The summed E-state index contributed by atoms with van der Waals surface area (Å²) in [6.07, 6.45) is -0.861. The van der Waals surface area contributed by atoms with Crippen molar-refractivity contribution in [2.75, 3.05) is 33.8 Å². The van der Waals surface area contributed by atoms with E-state index in [1.54, 1.807) is 25.9 Å². The Bertz CT molecular complexity index is 233. The Hall–Kier alpha value is -1.14. The van der Waals surface area contributed by atoms with Gasteiger partial charge in [-0.15, -0.1) is 0 Å². The van der Waals surface area contributed by atoms with Crippen molar-refractivity contribution in [2.45, 2.75) is 19.4 Å². The molecule has 0 fully saturated rings. The molecule has 1 amide bonds. The summed E-state index contributed by atoms with van der Waals surface area (Å²) in [6, 6.07) is 0. The van der Waals surface area contributed by atoms with Crippen LogP contribution < -0.4 is 5.32 Å². The van der Waals surface area contributed by atoms with E-state index in [9.17, 15) is 14.7 Å². The summed E-state index contributed by atoms with van der Waals surface area (Å²) in [4.78, 5) is 23.7. The molecule has 0 spiro atoms. The van der Waals surface area contributed by atoms with Gasteiger partial charge in [0.25, 0.3) is 0 Å². The quantitative estimate of drug-likeness (QED) is 0.549. The van der Waals surface area contributed by atoms with Crippen molar-refractivity contribution in [1.29, 1.82) is 0 Å². The van der Waals surface area contributed by atoms with Crippen LogP contribution in [0, 0.1) is 0 Å². The van der Waals surface area contributed by atoms with Crippen molar-refractivity contribution >= 4 is 11.9 Å². The number of carbonyl (C=O) groups is 2. The van der Waals surface area contributed by atoms with Crippen LogP contribution in [0.3, 0.4) is 0 Å². The number of rotatable bonds is 7. The number of carbonyl (C=O) groups excluding carboxylic acids is 2. The van der Waals surface area contributed by atoms with Crippen LogP contribution in [-0.4, -0.2) is 61.8 Å². The second-order valence-corrected chi connectivity index (χ2v) is 3.53. The molecule has 16 heavy (non-hydrogen) atoms. The minimum atomic E-state index is -0.811. The molecule has 94 valence electrons. The Morgan fingerprint density at radius 1 is 1.50 bits per heavy atom. The molecule has 0 radical (unpaired) electrons. The van der Waals surface area contributed by atoms with E-state index >= 15 is 0 Å². The smallest absolute Gasteiger partial charge is 0.308 e. The van der Waals surface area contributed by atoms with E-state index in [0.29, 0.717) is 6.61 Å². The van der Waals surface area contributed by atoms with Crippen LogP contribution >= 0.6 is 0 Å². The molecule has 1 atom stereocenters. The highest BCUT2D eigenvalue weighted by Gasteiger charge is 2.15. The number of nitrogens with zero attached hydrogens (tertiary/aromatic N) is 1. The highest BCUT2D eigenvalue weighted by Crippen LogP contribution is 1.97. The first-order valence-corrected chi connectivity index (χ1v) is 5.22. The first kappa shape index (κ1) is 14.9. The van der Waals surface area contributed by atoms with Crippen molar-refractivity contribution in [3.8, 4) is 0 Å². The summed E-state index contributed by atoms with van der Waals surface area (Å²) >= 11 is 0. The fourth-order valence-electron chi connectivity index (χ4n) is 1.23. The van der Waals surface area contributed by atoms with Crippen LogP contribution in [0.5, 0.6) is 0 Å². The maximum Gasteiger partial charge on any atom is 0.308 e. The zero-order valence-electron chi connectivity index (χ0n) is 10.0. The monoisotopic (exact) mass is 232 g/mol. The van der Waals surface area contributed by atoms with E-state index in [2.05, 4.69) is 5.32 Å². The van der Waals surface area contributed by atoms with Gasteiger partial charge >= 0.3 is 5.97 Å². The molecule has 6 nitrogen and oxygen atoms in total. The third-order valence-electron chi connectivity index (χ3n) is 1.92. The number of amides is 1. The third-order valence-corrected chi connectivity index (χ3v) is 1.92. The van der Waals surface area contributed by atoms with E-state index in [0.717, 1.165) is 0 Å². The molecule has 0 bridgehead atoms. The highest BCUT2D eigenvalue weighted by atomic mass is 16.5. The molecular formula is C10H20N2O4. The number of nitrogens with one attached hydrogen (secondary N) is 1. The summed E-state index contributed by atoms with van der Waals surface area (Å²) < 4.78 is 4.70. The van der Waals surface area contributed by atoms with Gasteiger partial charge < -0.3 is 15.2 Å². The largest absolute Gasteiger partial charge is 0.466 e. The lowest BCUT2D eigenvalue weighted by atomic mass is 10.2. The molecule has 0 aliphatic heterocycles. The fourth-order valence-corrected chi connectivity index (χ4v) is 1.23. The SMILES string of the molecule is CCOC(=O)CC(O)CN(C)CC(=O)NC. The maximum atomic E-state index is 11.0. The summed E-state index contributed by atoms with van der Waals surface area (Å²) in [5.41, 5.74) is 0. The standard InChI is InChI=1S/C10H20N2O4/c1-4-16-10(15)5-8(13)6-12(3)7-9(14)11-2/h8,13H,4-7H2,1-3H3,(H,11,14). The molecule has 0 aliphatic carbocycles. The molecule has 0 aromatic carbocycles. The summed E-state index contributed by atoms with van der Waals surface area (Å²) in [5, 5.41) is 12.0. The predicted octanol–water partition coefficient (Wildman–Crippen LogP) is -1.02. The van der Waals surface area contributed by atoms with Gasteiger partial charge in [0.2, 0.25) is 5.91 Å². The first-order valence-electron chi connectivity index (χ1n) is 5.22. The van der Waals surface area contributed by atoms with Crippen molar-refractivity contribution in [3.63, 3.8) is 0 Å². The van der Waals surface area contributed by atoms with E-state index in [-0.39, 0.29) is 25.4 Å². The van der Waals surface area contributed by atoms with Crippen LogP contribution in [0.15, 0.2) is 0 Å². The number of ether oxygens (including phenoxy) is 1. The van der Waals surface area contributed by atoms with Crippen LogP contribution in [0.2, 0.25) is 0 Å². The number of hydrogen-bond acceptors (Lipinski definition) is 5. The topological polar surface area (TPSA) is 78.9 Å². The second kappa shape index (κ2) is 8.06. The van der Waals surface area contributed by atoms with Crippen molar-refractivity contribution < 1.29 is 19.4 Å². The Morgan fingerprint density at radius 3 is 2.62 bits per heavy atom. The molecular weight excluding hydrogens is 212 g/mol. The molecule has 0 heterocycles. The Balaban J connectivity index is 3.81. The van der Waals surface area contributed by atoms with Crippen molar-refractivity contribution in [3.05, 3.63) is 0 Å². The number of likely N-dealkylation sites (N-methyl/N-ethyl adjacent to an activating group) is 2. The zero-order chi connectivity index (χ0) is 12.6. The third kappa shape index (κ3) is 7.19. The van der Waals surface area contributed by atoms with E-state index in [1.807, 2.05) is 0 Å². The van der Waals surface area contributed by atoms with Gasteiger partial charge in [0.15, 0.2) is 0 Å². The first-order chi connectivity index (χ1) is 7.49. The Morgan fingerprint density at radius 2 is 2.12 bits per heavy atom. The van der Waals surface area contributed by atoms with E-state index < -0.39 is 12.1 Å². The number of hydrogen-bond donors (Lipinski definition) is 2. The van der Waals surface area contributed by atoms with Gasteiger partial charge in [-0.3, -0.25) is 14.5 Å². The summed E-state index contributed by atoms with van der Waals surface area (Å²) in [5.74, 6) is -0.561. The molecule has 2 N–H and O–H groups in total. The molecule has 0 aliphatic rings. The molecule has 0 rings (SSSR count). The fraction of sp³-hybridized carbons (Fsp3) is 0.800. The molecule has 0 saturated carbocycles. The van der Waals surface area contributed by atoms with Gasteiger partial charge in [0, 0.05) is 13.6 Å². The van der Waals surface area contributed by atoms with Gasteiger partial charge in [-0.1, -0.05) is 0 Å². The van der Waals surface area contributed by atoms with Gasteiger partial charge in [0.05, 0.1) is 25.7 Å². The average Bonchev–Trinajstić information content (AvgIpc) is 2.16. The van der Waals surface area contributed by atoms with Gasteiger partial charge in [-0.25, -0.2) is 0 Å². The van der Waals surface area contributed by atoms with E-state index in [4.69, 9.17) is 4.74 Å². The number of aliphatic hydroxyl groups is 1. The van der Waals surface area contributed by atoms with Gasteiger partial charge in [0.1, 0.15) is 0 Å². The van der Waals surface area contributed by atoms with Crippen molar-refractivity contribution in [2.24, 2.45) is 0 Å². The molecule has 0 saturated heterocycles. The molecule has 6 heteroatoms. The second-order valence-electron chi connectivity index (χ2n) is 3.53. The number of esters is 1. The lowest BCUT2D eigenvalue weighted by Gasteiger charge is -2.18. The van der Waals surface area contributed by atoms with Crippen molar-refractivity contribution in [1.82, 2.24) is 10.2 Å². The minimum absolute atomic E-state index is 0.0497. The normalized spacial score (nSPS) is 12.3. The van der Waals surface area contributed by atoms with Crippen LogP contribution in [0.1, 0.15) is 13.3 Å². The summed E-state index contributed by atoms with van der Waals surface area (Å²) in [7, 11) is 3.24. The zero-order valence-corrected chi connectivity index (χ0v) is 10.0.